The lowest BCUT2D eigenvalue weighted by atomic mass is 9.71. The van der Waals surface area contributed by atoms with E-state index in [0.29, 0.717) is 25.3 Å². The fraction of sp³-hybridized carbons (Fsp3) is 0.857. The van der Waals surface area contributed by atoms with E-state index in [1.807, 2.05) is 0 Å². The summed E-state index contributed by atoms with van der Waals surface area (Å²) in [6.45, 7) is 4.80. The summed E-state index contributed by atoms with van der Waals surface area (Å²) in [4.78, 5) is 23.3. The van der Waals surface area contributed by atoms with Crippen molar-refractivity contribution in [3.8, 4) is 0 Å². The molecular formula is C14H25NO3. The highest BCUT2D eigenvalue weighted by Crippen LogP contribution is 2.39. The first-order valence-corrected chi connectivity index (χ1v) is 7.00. The molecule has 0 aliphatic heterocycles. The summed E-state index contributed by atoms with van der Waals surface area (Å²) in [5.41, 5.74) is -0.808. The van der Waals surface area contributed by atoms with Gasteiger partial charge in [-0.15, -0.1) is 0 Å². The third-order valence-corrected chi connectivity index (χ3v) is 4.11. The van der Waals surface area contributed by atoms with E-state index in [1.165, 1.54) is 0 Å². The molecule has 0 aromatic carbocycles. The zero-order valence-corrected chi connectivity index (χ0v) is 11.5. The number of carbonyl (C=O) groups excluding carboxylic acids is 1. The topological polar surface area (TPSA) is 66.4 Å². The van der Waals surface area contributed by atoms with Crippen molar-refractivity contribution in [3.05, 3.63) is 0 Å². The van der Waals surface area contributed by atoms with Crippen LogP contribution >= 0.6 is 0 Å². The van der Waals surface area contributed by atoms with Gasteiger partial charge in [0.25, 0.3) is 0 Å². The van der Waals surface area contributed by atoms with E-state index in [2.05, 4.69) is 19.2 Å². The Morgan fingerprint density at radius 1 is 1.28 bits per heavy atom. The largest absolute Gasteiger partial charge is 0.481 e. The van der Waals surface area contributed by atoms with Crippen LogP contribution in [-0.4, -0.2) is 23.5 Å². The normalized spacial score (nSPS) is 20.1. The van der Waals surface area contributed by atoms with Crippen LogP contribution in [0.5, 0.6) is 0 Å². The number of rotatable bonds is 6. The van der Waals surface area contributed by atoms with Crippen LogP contribution in [-0.2, 0) is 9.59 Å². The zero-order chi connectivity index (χ0) is 13.6. The second-order valence-corrected chi connectivity index (χ2v) is 5.64. The van der Waals surface area contributed by atoms with Crippen molar-refractivity contribution in [1.82, 2.24) is 5.32 Å². The Balaban J connectivity index is 2.50. The Morgan fingerprint density at radius 3 is 2.39 bits per heavy atom. The minimum Gasteiger partial charge on any atom is -0.481 e. The van der Waals surface area contributed by atoms with Crippen molar-refractivity contribution < 1.29 is 14.7 Å². The van der Waals surface area contributed by atoms with Crippen molar-refractivity contribution in [1.29, 1.82) is 0 Å². The highest BCUT2D eigenvalue weighted by molar-refractivity contribution is 5.85. The Morgan fingerprint density at radius 2 is 1.89 bits per heavy atom. The molecule has 4 nitrogen and oxygen atoms in total. The van der Waals surface area contributed by atoms with E-state index in [-0.39, 0.29) is 12.3 Å². The lowest BCUT2D eigenvalue weighted by Crippen LogP contribution is -2.40. The van der Waals surface area contributed by atoms with Crippen molar-refractivity contribution in [2.24, 2.45) is 11.3 Å². The Bertz CT molecular complexity index is 295. The zero-order valence-electron chi connectivity index (χ0n) is 11.5. The second kappa shape index (κ2) is 6.76. The molecule has 1 aliphatic carbocycles. The maximum Gasteiger partial charge on any atom is 0.310 e. The molecule has 1 saturated carbocycles. The average Bonchev–Trinajstić information content (AvgIpc) is 2.36. The highest BCUT2D eigenvalue weighted by Gasteiger charge is 2.41. The van der Waals surface area contributed by atoms with E-state index in [0.717, 1.165) is 25.7 Å². The molecule has 0 saturated heterocycles. The van der Waals surface area contributed by atoms with Crippen molar-refractivity contribution in [2.75, 3.05) is 6.54 Å². The number of hydrogen-bond acceptors (Lipinski definition) is 2. The first-order chi connectivity index (χ1) is 8.50. The predicted octanol–water partition coefficient (Wildman–Crippen LogP) is 2.57. The van der Waals surface area contributed by atoms with E-state index in [1.54, 1.807) is 0 Å². The smallest absolute Gasteiger partial charge is 0.310 e. The molecule has 4 heteroatoms. The van der Waals surface area contributed by atoms with E-state index in [9.17, 15) is 14.7 Å². The van der Waals surface area contributed by atoms with Crippen LogP contribution in [0.1, 0.15) is 58.8 Å². The molecule has 104 valence electrons. The molecule has 2 N–H and O–H groups in total. The number of carbonyl (C=O) groups is 2. The number of nitrogens with one attached hydrogen (secondary N) is 1. The number of amides is 1. The molecule has 0 aromatic heterocycles. The lowest BCUT2D eigenvalue weighted by Gasteiger charge is -2.32. The van der Waals surface area contributed by atoms with Crippen molar-refractivity contribution in [3.63, 3.8) is 0 Å². The van der Waals surface area contributed by atoms with Gasteiger partial charge in [0.1, 0.15) is 0 Å². The molecule has 0 spiro atoms. The van der Waals surface area contributed by atoms with E-state index in [4.69, 9.17) is 0 Å². The van der Waals surface area contributed by atoms with Crippen LogP contribution in [0, 0.1) is 11.3 Å². The number of hydrogen-bond donors (Lipinski definition) is 2. The molecule has 1 fully saturated rings. The van der Waals surface area contributed by atoms with E-state index >= 15 is 0 Å². The quantitative estimate of drug-likeness (QED) is 0.766. The SMILES string of the molecule is CCC(C)CNC(=O)CC1(C(=O)O)CCCCC1. The van der Waals surface area contributed by atoms with Crippen LogP contribution < -0.4 is 5.32 Å². The monoisotopic (exact) mass is 255 g/mol. The van der Waals surface area contributed by atoms with E-state index < -0.39 is 11.4 Å². The molecule has 1 aliphatic rings. The van der Waals surface area contributed by atoms with Gasteiger partial charge in [-0.25, -0.2) is 0 Å². The minimum atomic E-state index is -0.808. The Kier molecular flexibility index (Phi) is 5.63. The van der Waals surface area contributed by atoms with Crippen LogP contribution in [0.4, 0.5) is 0 Å². The van der Waals surface area contributed by atoms with Gasteiger partial charge in [-0.05, 0) is 18.8 Å². The maximum atomic E-state index is 11.9. The molecule has 0 aromatic rings. The minimum absolute atomic E-state index is 0.111. The molecule has 1 rings (SSSR count). The van der Waals surface area contributed by atoms with Gasteiger partial charge in [-0.3, -0.25) is 9.59 Å². The first kappa shape index (κ1) is 15.0. The average molecular weight is 255 g/mol. The summed E-state index contributed by atoms with van der Waals surface area (Å²) in [6, 6.07) is 0. The van der Waals surface area contributed by atoms with Gasteiger partial charge in [0.15, 0.2) is 0 Å². The van der Waals surface area contributed by atoms with Crippen molar-refractivity contribution in [2.45, 2.75) is 58.8 Å². The fourth-order valence-corrected chi connectivity index (χ4v) is 2.50. The summed E-state index contributed by atoms with van der Waals surface area (Å²) in [5.74, 6) is -0.471. The van der Waals surface area contributed by atoms with Gasteiger partial charge >= 0.3 is 5.97 Å². The van der Waals surface area contributed by atoms with Crippen LogP contribution in [0.3, 0.4) is 0 Å². The standard InChI is InChI=1S/C14H25NO3/c1-3-11(2)10-15-12(16)9-14(13(17)18)7-5-4-6-8-14/h11H,3-10H2,1-2H3,(H,15,16)(H,17,18). The van der Waals surface area contributed by atoms with Crippen LogP contribution in [0.2, 0.25) is 0 Å². The number of carboxylic acid groups (broad SMARTS) is 1. The second-order valence-electron chi connectivity index (χ2n) is 5.64. The van der Waals surface area contributed by atoms with Gasteiger partial charge in [0, 0.05) is 13.0 Å². The number of carboxylic acids is 1. The summed E-state index contributed by atoms with van der Waals surface area (Å²) >= 11 is 0. The molecule has 1 unspecified atom stereocenters. The maximum absolute atomic E-state index is 11.9. The summed E-state index contributed by atoms with van der Waals surface area (Å²) < 4.78 is 0. The van der Waals surface area contributed by atoms with Crippen LogP contribution in [0.15, 0.2) is 0 Å². The summed E-state index contributed by atoms with van der Waals surface area (Å²) in [7, 11) is 0. The molecule has 0 radical (unpaired) electrons. The van der Waals surface area contributed by atoms with Gasteiger partial charge in [-0.2, -0.15) is 0 Å². The molecule has 18 heavy (non-hydrogen) atoms. The Hall–Kier alpha value is -1.06. The van der Waals surface area contributed by atoms with Crippen LogP contribution in [0.25, 0.3) is 0 Å². The number of aliphatic carboxylic acids is 1. The van der Waals surface area contributed by atoms with Gasteiger partial charge < -0.3 is 10.4 Å². The fourth-order valence-electron chi connectivity index (χ4n) is 2.50. The lowest BCUT2D eigenvalue weighted by molar-refractivity contribution is -0.154. The van der Waals surface area contributed by atoms with Gasteiger partial charge in [-0.1, -0.05) is 39.5 Å². The molecule has 0 bridgehead atoms. The first-order valence-electron chi connectivity index (χ1n) is 7.00. The predicted molar refractivity (Wildman–Crippen MR) is 70.2 cm³/mol. The summed E-state index contributed by atoms with van der Waals surface area (Å²) in [5, 5.41) is 12.2. The molecular weight excluding hydrogens is 230 g/mol. The third kappa shape index (κ3) is 4.00. The Labute approximate surface area is 109 Å². The van der Waals surface area contributed by atoms with Crippen molar-refractivity contribution >= 4 is 11.9 Å². The van der Waals surface area contributed by atoms with Gasteiger partial charge in [0.05, 0.1) is 5.41 Å². The summed E-state index contributed by atoms with van der Waals surface area (Å²) in [6.07, 6.45) is 5.36. The molecule has 0 heterocycles. The highest BCUT2D eigenvalue weighted by atomic mass is 16.4. The molecule has 1 atom stereocenters. The third-order valence-electron chi connectivity index (χ3n) is 4.11. The molecule has 1 amide bonds. The van der Waals surface area contributed by atoms with Gasteiger partial charge in [0.2, 0.25) is 5.91 Å².